The Bertz CT molecular complexity index is 1840. The summed E-state index contributed by atoms with van der Waals surface area (Å²) < 4.78 is 2.34. The average molecular weight is 499 g/mol. The topological polar surface area (TPSA) is 80.9 Å². The predicted octanol–water partition coefficient (Wildman–Crippen LogP) is 7.67. The largest absolute Gasteiger partial charge is 0.478 e. The third-order valence-corrected chi connectivity index (χ3v) is 7.75. The van der Waals surface area contributed by atoms with Gasteiger partial charge in [0.1, 0.15) is 5.82 Å². The molecule has 0 amide bonds. The quantitative estimate of drug-likeness (QED) is 0.270. The zero-order valence-electron chi connectivity index (χ0n) is 20.8. The van der Waals surface area contributed by atoms with E-state index >= 15 is 0 Å². The van der Waals surface area contributed by atoms with Crippen LogP contribution in [-0.4, -0.2) is 30.6 Å². The molecular formula is C32H26N4O2. The lowest BCUT2D eigenvalue weighted by molar-refractivity contribution is 0.0697. The van der Waals surface area contributed by atoms with Crippen LogP contribution < -0.4 is 0 Å². The van der Waals surface area contributed by atoms with E-state index in [0.717, 1.165) is 68.3 Å². The molecule has 1 fully saturated rings. The van der Waals surface area contributed by atoms with Crippen molar-refractivity contribution in [2.24, 2.45) is 0 Å². The summed E-state index contributed by atoms with van der Waals surface area (Å²) in [6, 6.07) is 26.3. The maximum atomic E-state index is 11.6. The van der Waals surface area contributed by atoms with Crippen molar-refractivity contribution < 1.29 is 9.90 Å². The average Bonchev–Trinajstić information content (AvgIpc) is 3.35. The summed E-state index contributed by atoms with van der Waals surface area (Å²) in [6.45, 7) is 0. The number of fused-ring (bicyclic) bond motifs is 3. The minimum Gasteiger partial charge on any atom is -0.478 e. The maximum Gasteiger partial charge on any atom is 0.335 e. The Labute approximate surface area is 219 Å². The first-order valence-electron chi connectivity index (χ1n) is 13.2. The van der Waals surface area contributed by atoms with Crippen LogP contribution in [0.5, 0.6) is 0 Å². The van der Waals surface area contributed by atoms with Gasteiger partial charge in [0.2, 0.25) is 0 Å². The molecule has 0 bridgehead atoms. The molecule has 1 aliphatic rings. The molecule has 38 heavy (non-hydrogen) atoms. The Kier molecular flexibility index (Phi) is 5.39. The number of aromatic carboxylic acids is 1. The number of aromatic nitrogens is 4. The van der Waals surface area contributed by atoms with Crippen LogP contribution in [0.25, 0.3) is 55.5 Å². The summed E-state index contributed by atoms with van der Waals surface area (Å²) in [6.07, 6.45) is 7.71. The highest BCUT2D eigenvalue weighted by Gasteiger charge is 2.23. The number of carboxylic acids is 1. The van der Waals surface area contributed by atoms with Crippen LogP contribution in [0.3, 0.4) is 0 Å². The van der Waals surface area contributed by atoms with Crippen molar-refractivity contribution in [2.45, 2.75) is 38.1 Å². The molecule has 0 radical (unpaired) electrons. The number of carbonyl (C=O) groups is 1. The Morgan fingerprint density at radius 3 is 2.55 bits per heavy atom. The van der Waals surface area contributed by atoms with Crippen molar-refractivity contribution >= 4 is 38.8 Å². The fourth-order valence-corrected chi connectivity index (χ4v) is 5.88. The summed E-state index contributed by atoms with van der Waals surface area (Å²) in [4.78, 5) is 26.1. The summed E-state index contributed by atoms with van der Waals surface area (Å²) >= 11 is 0. The minimum atomic E-state index is -0.935. The van der Waals surface area contributed by atoms with E-state index in [1.807, 2.05) is 36.5 Å². The molecule has 1 aliphatic carbocycles. The van der Waals surface area contributed by atoms with E-state index in [1.54, 1.807) is 12.1 Å². The fourth-order valence-electron chi connectivity index (χ4n) is 5.88. The van der Waals surface area contributed by atoms with Gasteiger partial charge in [-0.2, -0.15) is 0 Å². The summed E-state index contributed by atoms with van der Waals surface area (Å²) in [5.74, 6) is -0.0456. The molecule has 0 aliphatic heterocycles. The molecule has 1 saturated carbocycles. The number of benzene rings is 3. The fraction of sp³-hybridized carbons (Fsp3) is 0.188. The van der Waals surface area contributed by atoms with Crippen LogP contribution in [0.4, 0.5) is 0 Å². The molecule has 3 aromatic carbocycles. The normalized spacial score (nSPS) is 14.4. The van der Waals surface area contributed by atoms with Crippen molar-refractivity contribution in [1.82, 2.24) is 19.5 Å². The molecule has 0 saturated heterocycles. The molecule has 186 valence electrons. The number of carboxylic acid groups (broad SMARTS) is 1. The number of pyridine rings is 2. The summed E-state index contributed by atoms with van der Waals surface area (Å²) in [5.41, 5.74) is 6.85. The zero-order chi connectivity index (χ0) is 25.6. The third kappa shape index (κ3) is 3.80. The van der Waals surface area contributed by atoms with Crippen LogP contribution >= 0.6 is 0 Å². The highest BCUT2D eigenvalue weighted by Crippen LogP contribution is 2.37. The van der Waals surface area contributed by atoms with E-state index in [9.17, 15) is 9.90 Å². The number of rotatable bonds is 4. The second-order valence-electron chi connectivity index (χ2n) is 10.1. The van der Waals surface area contributed by atoms with E-state index < -0.39 is 5.97 Å². The van der Waals surface area contributed by atoms with Crippen LogP contribution in [0.2, 0.25) is 0 Å². The summed E-state index contributed by atoms with van der Waals surface area (Å²) in [5, 5.41) is 11.6. The van der Waals surface area contributed by atoms with Gasteiger partial charge in [-0.1, -0.05) is 43.5 Å². The predicted molar refractivity (Wildman–Crippen MR) is 150 cm³/mol. The van der Waals surface area contributed by atoms with Crippen LogP contribution in [0.15, 0.2) is 85.1 Å². The highest BCUT2D eigenvalue weighted by molar-refractivity contribution is 5.96. The molecule has 7 rings (SSSR count). The molecule has 0 unspecified atom stereocenters. The van der Waals surface area contributed by atoms with Crippen molar-refractivity contribution in [3.63, 3.8) is 0 Å². The number of hydrogen-bond donors (Lipinski definition) is 1. The van der Waals surface area contributed by atoms with Crippen molar-refractivity contribution in [3.05, 3.63) is 90.6 Å². The van der Waals surface area contributed by atoms with E-state index in [4.69, 9.17) is 9.97 Å². The number of para-hydroxylation sites is 1. The van der Waals surface area contributed by atoms with E-state index in [1.165, 1.54) is 19.3 Å². The van der Waals surface area contributed by atoms with Gasteiger partial charge in [-0.15, -0.1) is 0 Å². The van der Waals surface area contributed by atoms with Crippen LogP contribution in [0.1, 0.15) is 48.5 Å². The molecule has 3 heterocycles. The first kappa shape index (κ1) is 22.6. The highest BCUT2D eigenvalue weighted by atomic mass is 16.4. The van der Waals surface area contributed by atoms with Crippen molar-refractivity contribution in [1.29, 1.82) is 0 Å². The van der Waals surface area contributed by atoms with E-state index in [2.05, 4.69) is 45.9 Å². The SMILES string of the molecule is O=C(O)c1ccc2c(c1)nc(-c1ccc3nc(-c4ccnc5ccccc45)ccc3c1)n2C1CCCCC1. The Hall–Kier alpha value is -4.58. The molecular weight excluding hydrogens is 472 g/mol. The van der Waals surface area contributed by atoms with Crippen LogP contribution in [-0.2, 0) is 0 Å². The molecule has 0 spiro atoms. The molecule has 1 N–H and O–H groups in total. The van der Waals surface area contributed by atoms with Gasteiger partial charge in [0.05, 0.1) is 33.3 Å². The summed E-state index contributed by atoms with van der Waals surface area (Å²) in [7, 11) is 0. The second kappa shape index (κ2) is 9.06. The van der Waals surface area contributed by atoms with Crippen molar-refractivity contribution in [3.8, 4) is 22.6 Å². The lowest BCUT2D eigenvalue weighted by atomic mass is 9.94. The van der Waals surface area contributed by atoms with Gasteiger partial charge in [0.15, 0.2) is 0 Å². The smallest absolute Gasteiger partial charge is 0.335 e. The maximum absolute atomic E-state index is 11.6. The zero-order valence-corrected chi connectivity index (χ0v) is 20.8. The van der Waals surface area contributed by atoms with Crippen molar-refractivity contribution in [2.75, 3.05) is 0 Å². The Balaban J connectivity index is 1.35. The van der Waals surface area contributed by atoms with E-state index in [-0.39, 0.29) is 5.56 Å². The Morgan fingerprint density at radius 2 is 1.68 bits per heavy atom. The van der Waals surface area contributed by atoms with Gasteiger partial charge in [0.25, 0.3) is 0 Å². The monoisotopic (exact) mass is 498 g/mol. The lowest BCUT2D eigenvalue weighted by Gasteiger charge is -2.25. The molecule has 0 atom stereocenters. The number of nitrogens with zero attached hydrogens (tertiary/aromatic N) is 4. The minimum absolute atomic E-state index is 0.260. The van der Waals surface area contributed by atoms with Crippen LogP contribution in [0, 0.1) is 0 Å². The second-order valence-corrected chi connectivity index (χ2v) is 10.1. The Morgan fingerprint density at radius 1 is 0.816 bits per heavy atom. The molecule has 6 aromatic rings. The number of imidazole rings is 1. The molecule has 6 heteroatoms. The first-order chi connectivity index (χ1) is 18.7. The third-order valence-electron chi connectivity index (χ3n) is 7.75. The van der Waals surface area contributed by atoms with Gasteiger partial charge in [-0.05, 0) is 67.4 Å². The van der Waals surface area contributed by atoms with Gasteiger partial charge in [-0.25, -0.2) is 14.8 Å². The van der Waals surface area contributed by atoms with E-state index in [0.29, 0.717) is 6.04 Å². The molecule has 3 aromatic heterocycles. The van der Waals surface area contributed by atoms with Gasteiger partial charge >= 0.3 is 5.97 Å². The molecule has 6 nitrogen and oxygen atoms in total. The lowest BCUT2D eigenvalue weighted by Crippen LogP contribution is -2.14. The number of hydrogen-bond acceptors (Lipinski definition) is 4. The standard InChI is InChI=1S/C32H26N4O2/c37-32(38)22-12-15-30-29(19-22)35-31(36(30)23-6-2-1-3-7-23)21-11-13-26-20(18-21)10-14-28(34-26)25-16-17-33-27-9-5-4-8-24(25)27/h4-5,8-19,23H,1-3,6-7H2,(H,37,38). The van der Waals surface area contributed by atoms with Gasteiger partial charge in [-0.3, -0.25) is 4.98 Å². The van der Waals surface area contributed by atoms with Gasteiger partial charge < -0.3 is 9.67 Å². The first-order valence-corrected chi connectivity index (χ1v) is 13.2. The van der Waals surface area contributed by atoms with Gasteiger partial charge in [0, 0.05) is 34.1 Å².